The molecule has 0 saturated heterocycles. The maximum atomic E-state index is 10.2. The number of rotatable bonds is 1. The number of methoxy groups -OCH3 is 1. The van der Waals surface area contributed by atoms with Crippen molar-refractivity contribution in [2.24, 2.45) is 5.92 Å². The van der Waals surface area contributed by atoms with Crippen molar-refractivity contribution in [3.8, 4) is 0 Å². The average Bonchev–Trinajstić information content (AvgIpc) is 1.65. The fourth-order valence-corrected chi connectivity index (χ4v) is 0.201. The van der Waals surface area contributed by atoms with E-state index >= 15 is 0 Å². The van der Waals surface area contributed by atoms with Crippen LogP contribution in [0.15, 0.2) is 0 Å². The van der Waals surface area contributed by atoms with Gasteiger partial charge < -0.3 is 21.7 Å². The Kier molecular flexibility index (Phi) is 15.5. The van der Waals surface area contributed by atoms with Crippen LogP contribution in [0.5, 0.6) is 0 Å². The number of ether oxygens (including phenoxy) is 1. The van der Waals surface area contributed by atoms with Gasteiger partial charge in [0.15, 0.2) is 0 Å². The van der Waals surface area contributed by atoms with Crippen LogP contribution in [-0.2, 0) is 29.0 Å². The van der Waals surface area contributed by atoms with E-state index in [2.05, 4.69) is 11.7 Å². The van der Waals surface area contributed by atoms with Gasteiger partial charge in [-0.05, 0) is 6.92 Å². The smallest absolute Gasteiger partial charge is 0.308 e. The number of halogens is 1. The van der Waals surface area contributed by atoms with Crippen molar-refractivity contribution in [1.82, 2.24) is 0 Å². The summed E-state index contributed by atoms with van der Waals surface area (Å²) in [4.78, 5) is 10.2. The molecule has 9 heavy (non-hydrogen) atoms. The third kappa shape index (κ3) is 8.57. The molecule has 0 aromatic heterocycles. The molecule has 0 fully saturated rings. The van der Waals surface area contributed by atoms with Crippen molar-refractivity contribution in [2.45, 2.75) is 6.92 Å². The Hall–Kier alpha value is 0.573. The molecule has 0 bridgehead atoms. The Balaban J connectivity index is -0.000000180. The summed E-state index contributed by atoms with van der Waals surface area (Å²) in [7, 11) is 1.35. The molecule has 2 nitrogen and oxygen atoms in total. The summed E-state index contributed by atoms with van der Waals surface area (Å²) in [5, 5.41) is 0. The van der Waals surface area contributed by atoms with E-state index in [1.54, 1.807) is 6.92 Å². The van der Waals surface area contributed by atoms with Crippen molar-refractivity contribution < 1.29 is 46.0 Å². The molecule has 1 atom stereocenters. The number of esters is 1. The molecule has 0 aromatic carbocycles. The van der Waals surface area contributed by atoms with Gasteiger partial charge >= 0.3 is 5.97 Å². The quantitative estimate of drug-likeness (QED) is 0.382. The molecule has 0 aromatic rings. The van der Waals surface area contributed by atoms with Gasteiger partial charge in [0, 0.05) is 19.5 Å². The largest absolute Gasteiger partial charge is 1.00 e. The SMILES string of the molecule is [Br-].[CH2][C@H](C)C(=O)OC.[Zn]. The van der Waals surface area contributed by atoms with Gasteiger partial charge in [0.25, 0.3) is 0 Å². The second-order valence-electron chi connectivity index (χ2n) is 1.42. The Labute approximate surface area is 78.9 Å². The standard InChI is InChI=1S/C5H9O2.BrH.Zn/c1-4(2)5(6)7-3;;/h4H,1H2,2-3H3;1H;/p-1/t4-;;/m1../s1. The minimum Gasteiger partial charge on any atom is -1.00 e. The number of carbonyl (C=O) groups excluding carboxylic acids is 1. The van der Waals surface area contributed by atoms with E-state index in [9.17, 15) is 4.79 Å². The zero-order valence-electron chi connectivity index (χ0n) is 5.69. The van der Waals surface area contributed by atoms with E-state index < -0.39 is 0 Å². The molecule has 0 unspecified atom stereocenters. The predicted octanol–water partition coefficient (Wildman–Crippen LogP) is -2.37. The predicted molar refractivity (Wildman–Crippen MR) is 26.5 cm³/mol. The monoisotopic (exact) mass is 244 g/mol. The van der Waals surface area contributed by atoms with Crippen molar-refractivity contribution in [3.05, 3.63) is 6.92 Å². The maximum Gasteiger partial charge on any atom is 0.308 e. The fraction of sp³-hybridized carbons (Fsp3) is 0.600. The maximum absolute atomic E-state index is 10.2. The van der Waals surface area contributed by atoms with Crippen LogP contribution in [0.2, 0.25) is 0 Å². The van der Waals surface area contributed by atoms with Gasteiger partial charge in [0.2, 0.25) is 0 Å². The molecule has 0 heterocycles. The van der Waals surface area contributed by atoms with Crippen molar-refractivity contribution in [2.75, 3.05) is 7.11 Å². The van der Waals surface area contributed by atoms with E-state index in [0.717, 1.165) is 0 Å². The average molecular weight is 246 g/mol. The Morgan fingerprint density at radius 1 is 1.67 bits per heavy atom. The number of hydrogen-bond acceptors (Lipinski definition) is 2. The molecule has 0 aliphatic rings. The summed E-state index contributed by atoms with van der Waals surface area (Å²) in [5.74, 6) is -0.509. The number of carbonyl (C=O) groups is 1. The van der Waals surface area contributed by atoms with Gasteiger partial charge in [-0.2, -0.15) is 0 Å². The van der Waals surface area contributed by atoms with Crippen LogP contribution in [0.1, 0.15) is 6.92 Å². The van der Waals surface area contributed by atoms with E-state index in [1.807, 2.05) is 0 Å². The van der Waals surface area contributed by atoms with E-state index in [4.69, 9.17) is 0 Å². The molecule has 51 valence electrons. The Bertz CT molecular complexity index is 75.4. The van der Waals surface area contributed by atoms with Gasteiger partial charge in [0.05, 0.1) is 13.0 Å². The summed E-state index contributed by atoms with van der Waals surface area (Å²) in [6, 6.07) is 0. The molecule has 0 amide bonds. The second kappa shape index (κ2) is 8.57. The molecular weight excluding hydrogens is 237 g/mol. The molecule has 1 radical (unpaired) electrons. The van der Waals surface area contributed by atoms with E-state index in [1.165, 1.54) is 7.11 Å². The molecule has 0 aliphatic carbocycles. The molecule has 0 rings (SSSR count). The minimum absolute atomic E-state index is 0. The topological polar surface area (TPSA) is 26.3 Å². The zero-order chi connectivity index (χ0) is 5.86. The minimum atomic E-state index is -0.264. The van der Waals surface area contributed by atoms with Gasteiger partial charge in [-0.1, -0.05) is 6.92 Å². The number of hydrogen-bond donors (Lipinski definition) is 0. The third-order valence-electron chi connectivity index (χ3n) is 0.604. The summed E-state index contributed by atoms with van der Waals surface area (Å²) in [6.45, 7) is 5.12. The van der Waals surface area contributed by atoms with Crippen LogP contribution >= 0.6 is 0 Å². The van der Waals surface area contributed by atoms with Crippen LogP contribution in [0, 0.1) is 12.8 Å². The van der Waals surface area contributed by atoms with Crippen LogP contribution in [0.25, 0.3) is 0 Å². The molecule has 0 aliphatic heterocycles. The normalized spacial score (nSPS) is 7.11. The summed E-state index contributed by atoms with van der Waals surface area (Å²) in [5.41, 5.74) is 0. The van der Waals surface area contributed by atoms with Crippen LogP contribution in [-0.4, -0.2) is 13.1 Å². The van der Waals surface area contributed by atoms with E-state index in [0.29, 0.717) is 0 Å². The van der Waals surface area contributed by atoms with Crippen molar-refractivity contribution >= 4 is 5.97 Å². The van der Waals surface area contributed by atoms with Gasteiger partial charge in [-0.15, -0.1) is 0 Å². The molecule has 0 N–H and O–H groups in total. The van der Waals surface area contributed by atoms with Crippen LogP contribution in [0.3, 0.4) is 0 Å². The molecule has 0 saturated carbocycles. The van der Waals surface area contributed by atoms with Crippen LogP contribution in [0.4, 0.5) is 0 Å². The van der Waals surface area contributed by atoms with Gasteiger partial charge in [-0.25, -0.2) is 0 Å². The summed E-state index contributed by atoms with van der Waals surface area (Å²) >= 11 is 0. The van der Waals surface area contributed by atoms with Crippen molar-refractivity contribution in [3.63, 3.8) is 0 Å². The van der Waals surface area contributed by atoms with Gasteiger partial charge in [0.1, 0.15) is 0 Å². The Morgan fingerprint density at radius 2 is 2.00 bits per heavy atom. The zero-order valence-corrected chi connectivity index (χ0v) is 10.2. The van der Waals surface area contributed by atoms with Gasteiger partial charge in [-0.3, -0.25) is 4.79 Å². The first-order valence-corrected chi connectivity index (χ1v) is 2.09. The van der Waals surface area contributed by atoms with Crippen LogP contribution < -0.4 is 17.0 Å². The second-order valence-corrected chi connectivity index (χ2v) is 1.42. The first kappa shape index (κ1) is 16.3. The third-order valence-corrected chi connectivity index (χ3v) is 0.604. The summed E-state index contributed by atoms with van der Waals surface area (Å²) < 4.78 is 4.31. The fourth-order valence-electron chi connectivity index (χ4n) is 0.201. The molecular formula is C5H9BrO2Zn-. The van der Waals surface area contributed by atoms with E-state index in [-0.39, 0.29) is 48.3 Å². The molecule has 0 spiro atoms. The molecule has 4 heteroatoms. The first-order chi connectivity index (χ1) is 3.18. The summed E-state index contributed by atoms with van der Waals surface area (Å²) in [6.07, 6.45) is 0. The van der Waals surface area contributed by atoms with Crippen molar-refractivity contribution in [1.29, 1.82) is 0 Å². The first-order valence-electron chi connectivity index (χ1n) is 2.09. The Morgan fingerprint density at radius 3 is 2.00 bits per heavy atom.